The molecule has 40 heavy (non-hydrogen) atoms. The maximum Gasteiger partial charge on any atom is 0.279 e. The van der Waals surface area contributed by atoms with Crippen LogP contribution in [0.15, 0.2) is 48.7 Å². The van der Waals surface area contributed by atoms with E-state index in [1.807, 2.05) is 18.2 Å². The molecule has 0 saturated carbocycles. The summed E-state index contributed by atoms with van der Waals surface area (Å²) in [5, 5.41) is 18.0. The van der Waals surface area contributed by atoms with Crippen LogP contribution < -0.4 is 15.4 Å². The van der Waals surface area contributed by atoms with Crippen LogP contribution in [0.4, 0.5) is 17.3 Å². The number of anilines is 2. The first-order valence-electron chi connectivity index (χ1n) is 13.5. The number of carbonyl (C=O) groups is 1. The highest BCUT2D eigenvalue weighted by Crippen LogP contribution is 2.31. The van der Waals surface area contributed by atoms with Gasteiger partial charge in [-0.2, -0.15) is 0 Å². The van der Waals surface area contributed by atoms with E-state index in [2.05, 4.69) is 27.5 Å². The number of fused-ring (bicyclic) bond motifs is 9. The Labute approximate surface area is 232 Å². The number of nitrogens with one attached hydrogen (secondary N) is 2. The summed E-state index contributed by atoms with van der Waals surface area (Å²) in [6, 6.07) is 11.7. The molecule has 11 heteroatoms. The molecule has 6 bridgehead atoms. The van der Waals surface area contributed by atoms with Crippen molar-refractivity contribution in [3.8, 4) is 17.0 Å². The van der Waals surface area contributed by atoms with Gasteiger partial charge in [-0.3, -0.25) is 14.9 Å². The van der Waals surface area contributed by atoms with Crippen molar-refractivity contribution in [1.82, 2.24) is 15.3 Å². The van der Waals surface area contributed by atoms with Gasteiger partial charge in [0, 0.05) is 54.8 Å². The van der Waals surface area contributed by atoms with Crippen molar-refractivity contribution in [2.75, 3.05) is 38.3 Å². The molecule has 11 nitrogen and oxygen atoms in total. The summed E-state index contributed by atoms with van der Waals surface area (Å²) in [6.07, 6.45) is 4.35. The van der Waals surface area contributed by atoms with Crippen molar-refractivity contribution in [3.05, 3.63) is 69.9 Å². The van der Waals surface area contributed by atoms with E-state index >= 15 is 0 Å². The molecule has 2 N–H and O–H groups in total. The Morgan fingerprint density at radius 3 is 2.85 bits per heavy atom. The van der Waals surface area contributed by atoms with Crippen molar-refractivity contribution >= 4 is 23.2 Å². The number of hydrogen-bond donors (Lipinski definition) is 2. The lowest BCUT2D eigenvalue weighted by Gasteiger charge is -2.23. The van der Waals surface area contributed by atoms with Gasteiger partial charge in [-0.25, -0.2) is 9.97 Å². The van der Waals surface area contributed by atoms with Crippen molar-refractivity contribution in [3.63, 3.8) is 0 Å². The molecule has 1 amide bonds. The Kier molecular flexibility index (Phi) is 8.82. The van der Waals surface area contributed by atoms with E-state index in [0.717, 1.165) is 36.4 Å². The summed E-state index contributed by atoms with van der Waals surface area (Å²) < 4.78 is 17.9. The van der Waals surface area contributed by atoms with Gasteiger partial charge < -0.3 is 24.8 Å². The van der Waals surface area contributed by atoms with Crippen LogP contribution in [-0.2, 0) is 16.1 Å². The largest absolute Gasteiger partial charge is 0.493 e. The first-order chi connectivity index (χ1) is 19.5. The molecule has 2 atom stereocenters. The van der Waals surface area contributed by atoms with Gasteiger partial charge >= 0.3 is 0 Å². The number of nitro groups is 1. The predicted octanol–water partition coefficient (Wildman–Crippen LogP) is 4.89. The third-order valence-electron chi connectivity index (χ3n) is 7.02. The zero-order valence-electron chi connectivity index (χ0n) is 22.4. The van der Waals surface area contributed by atoms with E-state index in [9.17, 15) is 14.9 Å². The molecule has 0 radical (unpaired) electrons. The van der Waals surface area contributed by atoms with E-state index in [-0.39, 0.29) is 29.0 Å². The Balaban J connectivity index is 1.45. The average Bonchev–Trinajstić information content (AvgIpc) is 2.96. The standard InChI is InChI=1S/C29H33N5O6/c1-19-8-10-30-28(35)21-4-6-24(26(14-21)34(36)37)25-9-11-31-29(33-25)32-23-5-7-27(22(13-23)18-39-15-19)40-17-20-3-2-12-38-16-20/h4-7,9,11,13-14,19-20H,2-3,8,10,12,15-18H2,1H3,(H,30,35)(H,31,32,33). The first-order valence-corrected chi connectivity index (χ1v) is 13.5. The number of carbonyl (C=O) groups excluding carboxylic acids is 1. The summed E-state index contributed by atoms with van der Waals surface area (Å²) in [6.45, 7) is 5.39. The zero-order chi connectivity index (χ0) is 27.9. The first kappa shape index (κ1) is 27.5. The van der Waals surface area contributed by atoms with Crippen LogP contribution in [-0.4, -0.2) is 53.8 Å². The summed E-state index contributed by atoms with van der Waals surface area (Å²) in [5.41, 5.74) is 2.28. The minimum Gasteiger partial charge on any atom is -0.493 e. The summed E-state index contributed by atoms with van der Waals surface area (Å²) in [5.74, 6) is 1.19. The smallest absolute Gasteiger partial charge is 0.279 e. The minimum atomic E-state index is -0.506. The molecule has 0 spiro atoms. The fraction of sp³-hybridized carbons (Fsp3) is 0.414. The summed E-state index contributed by atoms with van der Waals surface area (Å²) in [7, 11) is 0. The third-order valence-corrected chi connectivity index (χ3v) is 7.02. The molecule has 2 unspecified atom stereocenters. The van der Waals surface area contributed by atoms with E-state index in [1.54, 1.807) is 18.2 Å². The highest BCUT2D eigenvalue weighted by Gasteiger charge is 2.21. The number of aromatic nitrogens is 2. The van der Waals surface area contributed by atoms with Crippen LogP contribution in [0.1, 0.15) is 42.1 Å². The maximum absolute atomic E-state index is 12.7. The monoisotopic (exact) mass is 547 g/mol. The minimum absolute atomic E-state index is 0.180. The van der Waals surface area contributed by atoms with E-state index < -0.39 is 4.92 Å². The second-order valence-corrected chi connectivity index (χ2v) is 10.3. The summed E-state index contributed by atoms with van der Waals surface area (Å²) >= 11 is 0. The highest BCUT2D eigenvalue weighted by molar-refractivity contribution is 5.96. The Morgan fingerprint density at radius 1 is 1.12 bits per heavy atom. The van der Waals surface area contributed by atoms with Gasteiger partial charge in [0.25, 0.3) is 11.6 Å². The molecule has 0 aliphatic carbocycles. The van der Waals surface area contributed by atoms with Crippen LogP contribution in [0, 0.1) is 22.0 Å². The lowest BCUT2D eigenvalue weighted by Crippen LogP contribution is -2.26. The van der Waals surface area contributed by atoms with Gasteiger partial charge in [0.2, 0.25) is 5.95 Å². The number of ether oxygens (including phenoxy) is 3. The molecule has 210 valence electrons. The Bertz CT molecular complexity index is 1360. The molecule has 2 aromatic carbocycles. The van der Waals surface area contributed by atoms with Gasteiger partial charge in [0.05, 0.1) is 36.0 Å². The van der Waals surface area contributed by atoms with E-state index in [4.69, 9.17) is 14.2 Å². The molecule has 3 aliphatic rings. The second-order valence-electron chi connectivity index (χ2n) is 10.3. The molecule has 3 aliphatic heterocycles. The number of amides is 1. The number of hydrogen-bond acceptors (Lipinski definition) is 9. The SMILES string of the molecule is CC1CCNC(=O)c2ccc(c([N+](=O)[O-])c2)-c2ccnc(n2)Nc2ccc(OCC3CCCOC3)c(c2)COC1. The normalized spacial score (nSPS) is 19.9. The second kappa shape index (κ2) is 12.8. The molecule has 3 aromatic rings. The molecular weight excluding hydrogens is 514 g/mol. The van der Waals surface area contributed by atoms with Gasteiger partial charge in [-0.05, 0) is 61.6 Å². The van der Waals surface area contributed by atoms with Crippen molar-refractivity contribution in [2.45, 2.75) is 32.8 Å². The average molecular weight is 548 g/mol. The Hall–Kier alpha value is -4.09. The van der Waals surface area contributed by atoms with Crippen molar-refractivity contribution in [1.29, 1.82) is 0 Å². The number of rotatable bonds is 4. The molecule has 6 rings (SSSR count). The van der Waals surface area contributed by atoms with Crippen LogP contribution >= 0.6 is 0 Å². The van der Waals surface area contributed by atoms with Gasteiger partial charge in [0.15, 0.2) is 0 Å². The number of benzene rings is 2. The van der Waals surface area contributed by atoms with Crippen LogP contribution in [0.25, 0.3) is 11.3 Å². The lowest BCUT2D eigenvalue weighted by molar-refractivity contribution is -0.384. The highest BCUT2D eigenvalue weighted by atomic mass is 16.6. The topological polar surface area (TPSA) is 138 Å². The number of nitro benzene ring substituents is 1. The molecule has 1 fully saturated rings. The fourth-order valence-electron chi connectivity index (χ4n) is 4.78. The number of nitrogens with zero attached hydrogens (tertiary/aromatic N) is 3. The predicted molar refractivity (Wildman–Crippen MR) is 149 cm³/mol. The molecule has 4 heterocycles. The zero-order valence-corrected chi connectivity index (χ0v) is 22.4. The molecular formula is C29H33N5O6. The maximum atomic E-state index is 12.7. The summed E-state index contributed by atoms with van der Waals surface area (Å²) in [4.78, 5) is 32.9. The van der Waals surface area contributed by atoms with Gasteiger partial charge in [-0.15, -0.1) is 0 Å². The van der Waals surface area contributed by atoms with E-state index in [0.29, 0.717) is 56.6 Å². The molecule has 1 saturated heterocycles. The van der Waals surface area contributed by atoms with Gasteiger partial charge in [0.1, 0.15) is 5.75 Å². The quantitative estimate of drug-likeness (QED) is 0.345. The van der Waals surface area contributed by atoms with Crippen LogP contribution in [0.5, 0.6) is 5.75 Å². The van der Waals surface area contributed by atoms with Crippen LogP contribution in [0.2, 0.25) is 0 Å². The fourth-order valence-corrected chi connectivity index (χ4v) is 4.78. The van der Waals surface area contributed by atoms with Gasteiger partial charge in [-0.1, -0.05) is 6.92 Å². The lowest BCUT2D eigenvalue weighted by atomic mass is 10.0. The third kappa shape index (κ3) is 6.91. The van der Waals surface area contributed by atoms with Crippen molar-refractivity contribution in [2.24, 2.45) is 11.8 Å². The van der Waals surface area contributed by atoms with Crippen molar-refractivity contribution < 1.29 is 23.9 Å². The Morgan fingerprint density at radius 2 is 2.02 bits per heavy atom. The van der Waals surface area contributed by atoms with E-state index in [1.165, 1.54) is 12.3 Å². The van der Waals surface area contributed by atoms with Crippen LogP contribution in [0.3, 0.4) is 0 Å². The molecule has 1 aromatic heterocycles.